The van der Waals surface area contributed by atoms with Crippen molar-refractivity contribution in [1.29, 1.82) is 0 Å². The second-order valence-corrected chi connectivity index (χ2v) is 32.3. The molecule has 0 aliphatic carbocycles. The number of anilines is 1. The Morgan fingerprint density at radius 2 is 1.08 bits per heavy atom. The van der Waals surface area contributed by atoms with Crippen LogP contribution in [-0.4, -0.2) is 239 Å². The van der Waals surface area contributed by atoms with Crippen molar-refractivity contribution >= 4 is 72.9 Å². The average molecular weight is 1810 g/mol. The standard InChI is InChI=1S/C25H36FN4O9P.C20H27F2N3O5.C18H26FN3O6.C17H21F2N3O6/c1-15(2)37-21(32)16(3)29-40(35,39-19-8-6-18(12-27)7-9-19)36-14-25(13-26)22(33)24(5,34)23(38-25)30-11-10-20(31)28-17(30)4;1-7-19(10-28-15(26)11(2)3)17(29-16(27)12(4)5)20(21,22)18(30-19)25-9-8-14(23)24-13(25)6;1-5-13(23)26-10-18(9-19)15(27-14(24)6-2)17(4,25)16(28-18)22-8-7-12(20)21-11(22)3;1-4-11(23)26-9-16(6-3)13(27-12(24)5-2)17(18,19)14(28-16)22-8-7-10(20)21-15(22)25/h6-11,15-16,22-23,33-34H,4,12-14,27H2,1-3,5H3,(H,28,31)(H,29,35);7-9,11-12,17-18H,1,6,10H2,2-5H3,(H2,23,24);7-8,15-16,25H,3,5-6,9-10H2,1-2,4H3,(H2,20,21);6-8,13-14H,3-5,9H2,1-2H3,(H2,20,21,25)/t16?,22-,23+,24+,25+,40?;17-,18-,19-;15-,16+,17+,18+;13-,14-,16-/m0101/s1. The van der Waals surface area contributed by atoms with E-state index in [4.69, 9.17) is 84.1 Å². The molecule has 0 bridgehead atoms. The number of aromatic nitrogens is 2. The molecule has 13 N–H and O–H groups in total. The van der Waals surface area contributed by atoms with Gasteiger partial charge in [0.15, 0.2) is 41.0 Å². The Kier molecular flexibility index (Phi) is 35.1. The van der Waals surface area contributed by atoms with E-state index in [1.165, 1.54) is 101 Å². The zero-order chi connectivity index (χ0) is 95.0. The van der Waals surface area contributed by atoms with Crippen LogP contribution < -0.4 is 43.6 Å². The number of esters is 7. The maximum atomic E-state index is 15.5. The van der Waals surface area contributed by atoms with Crippen LogP contribution in [0.4, 0.5) is 32.2 Å². The van der Waals surface area contributed by atoms with Crippen molar-refractivity contribution in [3.63, 3.8) is 0 Å². The molecule has 7 aliphatic heterocycles. The molecule has 7 aliphatic rings. The second kappa shape index (κ2) is 42.6. The molecule has 1 aromatic carbocycles. The van der Waals surface area contributed by atoms with Gasteiger partial charge in [0.2, 0.25) is 24.7 Å². The average Bonchev–Trinajstić information content (AvgIpc) is 1.60. The number of carbonyl (C=O) groups excluding carboxylic acids is 8. The number of carbonyl (C=O) groups is 8. The molecule has 2 aromatic rings. The van der Waals surface area contributed by atoms with Crippen molar-refractivity contribution in [2.45, 2.75) is 229 Å². The Labute approximate surface area is 721 Å². The van der Waals surface area contributed by atoms with Gasteiger partial charge < -0.3 is 115 Å². The first-order valence-corrected chi connectivity index (χ1v) is 40.9. The molecule has 46 heteroatoms. The lowest BCUT2D eigenvalue weighted by Gasteiger charge is -2.37. The van der Waals surface area contributed by atoms with Gasteiger partial charge in [-0.15, -0.1) is 0 Å². The molecule has 0 saturated carbocycles. The number of hydrogen-bond acceptors (Lipinski definition) is 36. The number of aliphatic imine (C=N–C) groups is 2. The highest BCUT2D eigenvalue weighted by molar-refractivity contribution is 7.52. The van der Waals surface area contributed by atoms with Gasteiger partial charge in [-0.2, -0.15) is 27.6 Å². The van der Waals surface area contributed by atoms with Crippen LogP contribution in [0.1, 0.15) is 127 Å². The predicted molar refractivity (Wildman–Crippen MR) is 436 cm³/mol. The van der Waals surface area contributed by atoms with Crippen LogP contribution in [-0.2, 0) is 106 Å². The number of amides is 1. The Morgan fingerprint density at radius 1 is 0.611 bits per heavy atom. The molecular weight excluding hydrogens is 1700 g/mol. The number of aliphatic hydroxyl groups excluding tert-OH is 1. The van der Waals surface area contributed by atoms with Gasteiger partial charge in [0.25, 0.3) is 5.91 Å². The minimum Gasteiger partial charge on any atom is -0.462 e. The Balaban J connectivity index is 0.000000263. The number of halogens is 6. The van der Waals surface area contributed by atoms with E-state index in [-0.39, 0.29) is 72.9 Å². The van der Waals surface area contributed by atoms with E-state index in [0.29, 0.717) is 4.57 Å². The summed E-state index contributed by atoms with van der Waals surface area (Å²) in [6, 6.07) is 6.16. The van der Waals surface area contributed by atoms with Gasteiger partial charge in [0, 0.05) is 63.1 Å². The molecule has 2 unspecified atom stereocenters. The van der Waals surface area contributed by atoms with Crippen LogP contribution in [0.3, 0.4) is 0 Å². The minimum atomic E-state index is -4.49. The molecule has 39 nitrogen and oxygen atoms in total. The number of hydrogen-bond donors (Lipinski definition) is 9. The SMILES string of the molecule is C=C1N=C(N)C=CN1[C@@H]1O[C@](CF)(COC(=O)CC)[C@@H](OC(=O)CC)[C@@]1(C)O.C=C1NC(=O)C=CN1[C@@H]1O[C@](CF)(COP(=O)(NC(C)C(=O)OC(C)C)Oc2ccc(CN)cc2)[C@@H](O)[C@@]1(C)O.C=C[C@]1(COC(=O)C(C)C)O[C@@H](N2C=CC(N)=NC2=C)C(F)(F)[C@@H]1OC(=O)C(C)C.C=C[C@]1(COC(=O)CC)O[C@@H](n2ccc(N)nc2=O)C(F)(F)[C@@H]1OC(=O)CC. The van der Waals surface area contributed by atoms with E-state index < -0.39 is 220 Å². The number of nitrogen functional groups attached to an aromatic ring is 1. The molecule has 1 aromatic heterocycles. The van der Waals surface area contributed by atoms with Crippen molar-refractivity contribution < 1.29 is 146 Å². The van der Waals surface area contributed by atoms with Gasteiger partial charge in [-0.05, 0) is 70.5 Å². The summed E-state index contributed by atoms with van der Waals surface area (Å²) in [6.45, 7) is 32.5. The van der Waals surface area contributed by atoms with Gasteiger partial charge in [-0.1, -0.05) is 113 Å². The first-order valence-electron chi connectivity index (χ1n) is 39.3. The number of nitrogens with zero attached hydrogens (tertiary/aromatic N) is 7. The summed E-state index contributed by atoms with van der Waals surface area (Å²) in [5.74, 6) is -14.1. The number of aliphatic hydroxyl groups is 3. The predicted octanol–water partition coefficient (Wildman–Crippen LogP) is 5.42. The number of benzene rings is 1. The molecule has 9 rings (SSSR count). The normalized spacial score (nSPS) is 28.7. The monoisotopic (exact) mass is 1810 g/mol. The van der Waals surface area contributed by atoms with Gasteiger partial charge >= 0.3 is 67.1 Å². The van der Waals surface area contributed by atoms with Crippen LogP contribution in [0.25, 0.3) is 0 Å². The molecule has 4 fully saturated rings. The number of nitrogens with two attached hydrogens (primary N) is 4. The maximum absolute atomic E-state index is 15.5. The first-order chi connectivity index (χ1) is 58.7. The summed E-state index contributed by atoms with van der Waals surface area (Å²) in [5, 5.41) is 38.2. The third kappa shape index (κ3) is 23.9. The highest BCUT2D eigenvalue weighted by Gasteiger charge is 2.72. The molecule has 4 saturated heterocycles. The van der Waals surface area contributed by atoms with Crippen molar-refractivity contribution in [2.24, 2.45) is 39.0 Å². The zero-order valence-electron chi connectivity index (χ0n) is 71.7. The highest BCUT2D eigenvalue weighted by atomic mass is 31.2. The number of nitrogens with one attached hydrogen (secondary N) is 2. The fourth-order valence-electron chi connectivity index (χ4n) is 12.7. The number of alkyl halides is 6. The molecular formula is C80H110F6N13O26P. The van der Waals surface area contributed by atoms with Gasteiger partial charge in [0.1, 0.15) is 97.2 Å². The third-order valence-corrected chi connectivity index (χ3v) is 21.3. The van der Waals surface area contributed by atoms with Crippen LogP contribution in [0.15, 0.2) is 151 Å². The fourth-order valence-corrected chi connectivity index (χ4v) is 14.3. The second-order valence-electron chi connectivity index (χ2n) is 30.6. The third-order valence-electron chi connectivity index (χ3n) is 19.7. The van der Waals surface area contributed by atoms with Crippen LogP contribution in [0, 0.1) is 11.8 Å². The zero-order valence-corrected chi connectivity index (χ0v) is 72.6. The smallest absolute Gasteiger partial charge is 0.459 e. The quantitative estimate of drug-likeness (QED) is 0.0141. The summed E-state index contributed by atoms with van der Waals surface area (Å²) >= 11 is 0. The number of amidine groups is 2. The van der Waals surface area contributed by atoms with Crippen LogP contribution in [0.2, 0.25) is 0 Å². The summed E-state index contributed by atoms with van der Waals surface area (Å²) < 4.78 is 174. The van der Waals surface area contributed by atoms with E-state index in [2.05, 4.69) is 58.3 Å². The van der Waals surface area contributed by atoms with Crippen LogP contribution >= 0.6 is 7.75 Å². The summed E-state index contributed by atoms with van der Waals surface area (Å²) in [4.78, 5) is 122. The lowest BCUT2D eigenvalue weighted by atomic mass is 9.87. The van der Waals surface area contributed by atoms with E-state index in [0.717, 1.165) is 41.0 Å². The molecule has 0 radical (unpaired) electrons. The summed E-state index contributed by atoms with van der Waals surface area (Å²) in [7, 11) is -4.49. The van der Waals surface area contributed by atoms with Crippen molar-refractivity contribution in [3.8, 4) is 5.75 Å². The topological polar surface area (TPSA) is 532 Å². The van der Waals surface area contributed by atoms with E-state index >= 15 is 17.6 Å². The van der Waals surface area contributed by atoms with E-state index in [1.807, 2.05) is 0 Å². The Morgan fingerprint density at radius 3 is 1.56 bits per heavy atom. The lowest BCUT2D eigenvalue weighted by Crippen LogP contribution is -2.57. The summed E-state index contributed by atoms with van der Waals surface area (Å²) in [5.41, 5.74) is 9.67. The minimum absolute atomic E-state index is 0.00547. The lowest BCUT2D eigenvalue weighted by molar-refractivity contribution is -0.184. The van der Waals surface area contributed by atoms with E-state index in [9.17, 15) is 71.8 Å². The Bertz CT molecular complexity index is 4630. The maximum Gasteiger partial charge on any atom is 0.459 e. The first kappa shape index (κ1) is 104. The Hall–Kier alpha value is -10.9. The molecule has 126 heavy (non-hydrogen) atoms. The highest BCUT2D eigenvalue weighted by Crippen LogP contribution is 2.53. The molecule has 0 spiro atoms. The number of ether oxygens (including phenoxy) is 11. The van der Waals surface area contributed by atoms with Crippen LogP contribution in [0.5, 0.6) is 5.75 Å². The van der Waals surface area contributed by atoms with Crippen molar-refractivity contribution in [3.05, 3.63) is 152 Å². The van der Waals surface area contributed by atoms with Crippen molar-refractivity contribution in [1.82, 2.24) is 34.7 Å². The molecule has 1 amide bonds. The van der Waals surface area contributed by atoms with Gasteiger partial charge in [-0.3, -0.25) is 47.4 Å². The van der Waals surface area contributed by atoms with Gasteiger partial charge in [0.05, 0.1) is 24.5 Å². The fraction of sp³-hybridized carbons (Fsp3) is 0.550. The summed E-state index contributed by atoms with van der Waals surface area (Å²) in [6.07, 6.45) is -4.17. The number of rotatable bonds is 33. The van der Waals surface area contributed by atoms with E-state index in [1.54, 1.807) is 53.7 Å². The molecule has 16 atom stereocenters. The molecule has 8 heterocycles. The largest absolute Gasteiger partial charge is 0.462 e. The van der Waals surface area contributed by atoms with Gasteiger partial charge in [-0.25, -0.2) is 28.1 Å². The molecule has 698 valence electrons. The van der Waals surface area contributed by atoms with Crippen molar-refractivity contribution in [2.75, 3.05) is 45.5 Å².